The van der Waals surface area contributed by atoms with Crippen LogP contribution in [0.3, 0.4) is 0 Å². The zero-order valence-electron chi connectivity index (χ0n) is 11.9. The van der Waals surface area contributed by atoms with Gasteiger partial charge in [-0.1, -0.05) is 5.16 Å². The average Bonchev–Trinajstić information content (AvgIpc) is 2.97. The van der Waals surface area contributed by atoms with Gasteiger partial charge in [0.15, 0.2) is 5.82 Å². The molecule has 0 saturated carbocycles. The highest BCUT2D eigenvalue weighted by Crippen LogP contribution is 2.24. The van der Waals surface area contributed by atoms with E-state index in [0.717, 1.165) is 19.6 Å². The van der Waals surface area contributed by atoms with Crippen molar-refractivity contribution >= 4 is 18.1 Å². The Balaban J connectivity index is 0.00000176. The number of likely N-dealkylation sites (N-methyl/N-ethyl adjacent to an activating group) is 1. The maximum Gasteiger partial charge on any atom is 0.269 e. The molecule has 0 amide bonds. The molecule has 9 heteroatoms. The molecule has 22 heavy (non-hydrogen) atoms. The summed E-state index contributed by atoms with van der Waals surface area (Å²) in [5.74, 6) is 0.997. The zero-order chi connectivity index (χ0) is 14.8. The van der Waals surface area contributed by atoms with Crippen LogP contribution in [0.4, 0.5) is 5.69 Å². The summed E-state index contributed by atoms with van der Waals surface area (Å²) in [5, 5.41) is 18.0. The molecule has 0 spiro atoms. The standard InChI is InChI=1S/C13H15N5O3.ClH/c1-17-7-6-14-8-11(17)12-15-13(21-16-12)9-2-4-10(5-3-9)18(19)20;/h2-5,11,14H,6-8H2,1H3;1H. The molecule has 1 saturated heterocycles. The van der Waals surface area contributed by atoms with E-state index in [1.807, 2.05) is 7.05 Å². The molecule has 1 unspecified atom stereocenters. The SMILES string of the molecule is CN1CCNCC1c1noc(-c2ccc([N+](=O)[O-])cc2)n1.Cl. The van der Waals surface area contributed by atoms with Crippen LogP contribution in [0.1, 0.15) is 11.9 Å². The highest BCUT2D eigenvalue weighted by molar-refractivity contribution is 5.85. The van der Waals surface area contributed by atoms with Crippen LogP contribution in [0.15, 0.2) is 28.8 Å². The van der Waals surface area contributed by atoms with Crippen molar-refractivity contribution in [2.45, 2.75) is 6.04 Å². The second-order valence-electron chi connectivity index (χ2n) is 4.96. The second kappa shape index (κ2) is 6.82. The Hall–Kier alpha value is -2.03. The van der Waals surface area contributed by atoms with Crippen LogP contribution in [0, 0.1) is 10.1 Å². The molecular weight excluding hydrogens is 310 g/mol. The fraction of sp³-hybridized carbons (Fsp3) is 0.385. The highest BCUT2D eigenvalue weighted by atomic mass is 35.5. The summed E-state index contributed by atoms with van der Waals surface area (Å²) in [5.41, 5.74) is 0.709. The molecule has 1 atom stereocenters. The van der Waals surface area contributed by atoms with Crippen molar-refractivity contribution < 1.29 is 9.45 Å². The lowest BCUT2D eigenvalue weighted by atomic mass is 10.2. The van der Waals surface area contributed by atoms with Gasteiger partial charge in [0.1, 0.15) is 0 Å². The third-order valence-electron chi connectivity index (χ3n) is 3.58. The number of benzene rings is 1. The van der Waals surface area contributed by atoms with Gasteiger partial charge in [-0.25, -0.2) is 0 Å². The fourth-order valence-electron chi connectivity index (χ4n) is 2.31. The number of nitro benzene ring substituents is 1. The van der Waals surface area contributed by atoms with Gasteiger partial charge in [0, 0.05) is 37.3 Å². The van der Waals surface area contributed by atoms with E-state index in [1.165, 1.54) is 12.1 Å². The molecule has 3 rings (SSSR count). The Morgan fingerprint density at radius 3 is 2.77 bits per heavy atom. The summed E-state index contributed by atoms with van der Waals surface area (Å²) in [6.45, 7) is 2.64. The Kier molecular flexibility index (Phi) is 5.07. The minimum Gasteiger partial charge on any atom is -0.334 e. The number of hydrogen-bond donors (Lipinski definition) is 1. The fourth-order valence-corrected chi connectivity index (χ4v) is 2.31. The van der Waals surface area contributed by atoms with E-state index < -0.39 is 4.92 Å². The van der Waals surface area contributed by atoms with Gasteiger partial charge in [-0.2, -0.15) is 4.98 Å². The van der Waals surface area contributed by atoms with E-state index >= 15 is 0 Å². The van der Waals surface area contributed by atoms with Crippen molar-refractivity contribution in [3.8, 4) is 11.5 Å². The molecule has 0 radical (unpaired) electrons. The number of non-ortho nitro benzene ring substituents is 1. The number of aromatic nitrogens is 2. The summed E-state index contributed by atoms with van der Waals surface area (Å²) in [6.07, 6.45) is 0. The maximum absolute atomic E-state index is 10.6. The number of nitro groups is 1. The smallest absolute Gasteiger partial charge is 0.269 e. The highest BCUT2D eigenvalue weighted by Gasteiger charge is 2.25. The van der Waals surface area contributed by atoms with E-state index in [0.29, 0.717) is 17.3 Å². The minimum atomic E-state index is -0.439. The van der Waals surface area contributed by atoms with Crippen LogP contribution in [-0.4, -0.2) is 46.6 Å². The zero-order valence-corrected chi connectivity index (χ0v) is 12.7. The van der Waals surface area contributed by atoms with Crippen LogP contribution in [0.25, 0.3) is 11.5 Å². The molecule has 0 aliphatic carbocycles. The first-order valence-electron chi connectivity index (χ1n) is 6.64. The van der Waals surface area contributed by atoms with Crippen molar-refractivity contribution in [2.75, 3.05) is 26.7 Å². The van der Waals surface area contributed by atoms with Gasteiger partial charge in [0.25, 0.3) is 11.6 Å². The third-order valence-corrected chi connectivity index (χ3v) is 3.58. The van der Waals surface area contributed by atoms with Crippen molar-refractivity contribution in [3.05, 3.63) is 40.2 Å². The van der Waals surface area contributed by atoms with Crippen LogP contribution in [0.2, 0.25) is 0 Å². The van der Waals surface area contributed by atoms with Gasteiger partial charge in [-0.05, 0) is 19.2 Å². The van der Waals surface area contributed by atoms with Crippen molar-refractivity contribution in [3.63, 3.8) is 0 Å². The third kappa shape index (κ3) is 3.24. The number of rotatable bonds is 3. The Labute approximate surface area is 133 Å². The number of hydrogen-bond acceptors (Lipinski definition) is 7. The Morgan fingerprint density at radius 1 is 1.41 bits per heavy atom. The minimum absolute atomic E-state index is 0. The number of piperazine rings is 1. The quantitative estimate of drug-likeness (QED) is 0.676. The largest absolute Gasteiger partial charge is 0.334 e. The Bertz CT molecular complexity index is 645. The van der Waals surface area contributed by atoms with Gasteiger partial charge < -0.3 is 9.84 Å². The molecule has 118 valence electrons. The average molecular weight is 326 g/mol. The molecule has 2 heterocycles. The van der Waals surface area contributed by atoms with Gasteiger partial charge in [0.05, 0.1) is 11.0 Å². The molecule has 1 aromatic heterocycles. The normalized spacial score (nSPS) is 18.7. The van der Waals surface area contributed by atoms with E-state index in [4.69, 9.17) is 4.52 Å². The molecule has 8 nitrogen and oxygen atoms in total. The molecular formula is C13H16ClN5O3. The van der Waals surface area contributed by atoms with E-state index in [2.05, 4.69) is 20.4 Å². The summed E-state index contributed by atoms with van der Waals surface area (Å²) in [7, 11) is 2.02. The predicted molar refractivity (Wildman–Crippen MR) is 81.9 cm³/mol. The van der Waals surface area contributed by atoms with Crippen molar-refractivity contribution in [1.29, 1.82) is 0 Å². The van der Waals surface area contributed by atoms with E-state index in [1.54, 1.807) is 12.1 Å². The van der Waals surface area contributed by atoms with Crippen LogP contribution < -0.4 is 5.32 Å². The first kappa shape index (κ1) is 16.3. The first-order valence-corrected chi connectivity index (χ1v) is 6.64. The molecule has 1 aliphatic rings. The molecule has 1 fully saturated rings. The van der Waals surface area contributed by atoms with E-state index in [9.17, 15) is 10.1 Å². The molecule has 1 aliphatic heterocycles. The molecule has 0 bridgehead atoms. The van der Waals surface area contributed by atoms with Crippen LogP contribution in [0.5, 0.6) is 0 Å². The summed E-state index contributed by atoms with van der Waals surface area (Å²) in [4.78, 5) is 16.8. The van der Waals surface area contributed by atoms with Gasteiger partial charge in [0.2, 0.25) is 0 Å². The van der Waals surface area contributed by atoms with Gasteiger partial charge in [-0.15, -0.1) is 12.4 Å². The number of nitrogens with zero attached hydrogens (tertiary/aromatic N) is 4. The molecule has 2 aromatic rings. The summed E-state index contributed by atoms with van der Waals surface area (Å²) < 4.78 is 5.27. The maximum atomic E-state index is 10.6. The lowest BCUT2D eigenvalue weighted by Crippen LogP contribution is -2.44. The van der Waals surface area contributed by atoms with Crippen LogP contribution >= 0.6 is 12.4 Å². The van der Waals surface area contributed by atoms with E-state index in [-0.39, 0.29) is 24.1 Å². The lowest BCUT2D eigenvalue weighted by molar-refractivity contribution is -0.384. The first-order chi connectivity index (χ1) is 10.1. The summed E-state index contributed by atoms with van der Waals surface area (Å²) in [6, 6.07) is 6.15. The summed E-state index contributed by atoms with van der Waals surface area (Å²) >= 11 is 0. The molecule has 1 N–H and O–H groups in total. The van der Waals surface area contributed by atoms with Gasteiger partial charge in [-0.3, -0.25) is 15.0 Å². The predicted octanol–water partition coefficient (Wildman–Crippen LogP) is 1.64. The second-order valence-corrected chi connectivity index (χ2v) is 4.96. The van der Waals surface area contributed by atoms with Crippen molar-refractivity contribution in [1.82, 2.24) is 20.4 Å². The van der Waals surface area contributed by atoms with Crippen molar-refractivity contribution in [2.24, 2.45) is 0 Å². The Morgan fingerprint density at radius 2 is 2.14 bits per heavy atom. The number of nitrogens with one attached hydrogen (secondary N) is 1. The lowest BCUT2D eigenvalue weighted by Gasteiger charge is -2.30. The topological polar surface area (TPSA) is 97.3 Å². The molecule has 1 aromatic carbocycles. The van der Waals surface area contributed by atoms with Crippen LogP contribution in [-0.2, 0) is 0 Å². The van der Waals surface area contributed by atoms with Gasteiger partial charge >= 0.3 is 0 Å². The monoisotopic (exact) mass is 325 g/mol. The number of halogens is 1.